The molecule has 0 unspecified atom stereocenters. The van der Waals surface area contributed by atoms with Gasteiger partial charge in [-0.1, -0.05) is 11.6 Å². The minimum absolute atomic E-state index is 0.0181. The Hall–Kier alpha value is -3.05. The molecular formula is C21H24ClF2N7O2. The molecule has 4 rings (SSSR count). The van der Waals surface area contributed by atoms with Crippen molar-refractivity contribution in [3.05, 3.63) is 41.3 Å². The highest BCUT2D eigenvalue weighted by molar-refractivity contribution is 6.29. The molecule has 9 nitrogen and oxygen atoms in total. The number of anilines is 1. The lowest BCUT2D eigenvalue weighted by molar-refractivity contribution is 0.129. The van der Waals surface area contributed by atoms with Crippen LogP contribution in [-0.4, -0.2) is 86.7 Å². The molecule has 4 heterocycles. The van der Waals surface area contributed by atoms with E-state index in [0.717, 1.165) is 0 Å². The molecule has 1 amide bonds. The maximum Gasteiger partial charge on any atom is 0.407 e. The first-order valence-corrected chi connectivity index (χ1v) is 10.9. The maximum atomic E-state index is 15.3. The normalized spacial score (nSPS) is 16.5. The number of piperidine rings is 1. The first-order chi connectivity index (χ1) is 15.7. The van der Waals surface area contributed by atoms with Crippen LogP contribution in [0.1, 0.15) is 12.8 Å². The summed E-state index contributed by atoms with van der Waals surface area (Å²) in [5.74, 6) is -1.18. The number of halogens is 3. The van der Waals surface area contributed by atoms with E-state index in [1.165, 1.54) is 33.8 Å². The summed E-state index contributed by atoms with van der Waals surface area (Å²) in [4.78, 5) is 29.3. The van der Waals surface area contributed by atoms with Gasteiger partial charge in [0, 0.05) is 38.4 Å². The Labute approximate surface area is 194 Å². The fourth-order valence-electron chi connectivity index (χ4n) is 3.99. The summed E-state index contributed by atoms with van der Waals surface area (Å²) in [5.41, 5.74) is 0.835. The quantitative estimate of drug-likeness (QED) is 0.543. The summed E-state index contributed by atoms with van der Waals surface area (Å²) in [6.45, 7) is 1.64. The number of amides is 1. The van der Waals surface area contributed by atoms with Crippen molar-refractivity contribution >= 4 is 29.2 Å². The van der Waals surface area contributed by atoms with Crippen molar-refractivity contribution in [2.45, 2.75) is 18.9 Å². The zero-order valence-corrected chi connectivity index (χ0v) is 19.0. The Morgan fingerprint density at radius 3 is 2.79 bits per heavy atom. The van der Waals surface area contributed by atoms with E-state index in [9.17, 15) is 14.3 Å². The van der Waals surface area contributed by atoms with Crippen LogP contribution in [0.2, 0.25) is 5.15 Å². The number of aromatic nitrogens is 4. The smallest absolute Gasteiger partial charge is 0.407 e. The van der Waals surface area contributed by atoms with Gasteiger partial charge in [0.2, 0.25) is 5.82 Å². The van der Waals surface area contributed by atoms with E-state index in [4.69, 9.17) is 11.6 Å². The van der Waals surface area contributed by atoms with E-state index in [0.29, 0.717) is 43.8 Å². The molecule has 12 heteroatoms. The topological polar surface area (TPSA) is 90.1 Å². The Kier molecular flexibility index (Phi) is 6.61. The van der Waals surface area contributed by atoms with Crippen LogP contribution in [0.15, 0.2) is 24.5 Å². The zero-order valence-electron chi connectivity index (χ0n) is 18.2. The van der Waals surface area contributed by atoms with Crippen LogP contribution < -0.4 is 4.90 Å². The van der Waals surface area contributed by atoms with Gasteiger partial charge in [-0.25, -0.2) is 24.1 Å². The number of hydrogen-bond donors (Lipinski definition) is 1. The summed E-state index contributed by atoms with van der Waals surface area (Å²) < 4.78 is 30.6. The lowest BCUT2D eigenvalue weighted by atomic mass is 10.0. The largest absolute Gasteiger partial charge is 0.465 e. The van der Waals surface area contributed by atoms with E-state index in [1.54, 1.807) is 4.90 Å². The van der Waals surface area contributed by atoms with Crippen molar-refractivity contribution in [2.24, 2.45) is 0 Å². The second-order valence-corrected chi connectivity index (χ2v) is 8.57. The molecular weight excluding hydrogens is 456 g/mol. The van der Waals surface area contributed by atoms with Crippen LogP contribution in [0, 0.1) is 11.6 Å². The van der Waals surface area contributed by atoms with Gasteiger partial charge >= 0.3 is 6.09 Å². The van der Waals surface area contributed by atoms with E-state index < -0.39 is 17.7 Å². The highest BCUT2D eigenvalue weighted by Gasteiger charge is 2.31. The lowest BCUT2D eigenvalue weighted by Crippen LogP contribution is -2.51. The molecule has 3 aromatic heterocycles. The molecule has 1 aliphatic rings. The van der Waals surface area contributed by atoms with Gasteiger partial charge in [0.25, 0.3) is 0 Å². The number of pyridine rings is 1. The molecule has 0 saturated carbocycles. The summed E-state index contributed by atoms with van der Waals surface area (Å²) >= 11 is 6.17. The number of rotatable bonds is 6. The summed E-state index contributed by atoms with van der Waals surface area (Å²) in [7, 11) is 3.79. The fraction of sp³-hybridized carbons (Fsp3) is 0.429. The van der Waals surface area contributed by atoms with E-state index in [-0.39, 0.29) is 29.4 Å². The van der Waals surface area contributed by atoms with Gasteiger partial charge in [0.05, 0.1) is 6.20 Å². The molecule has 1 saturated heterocycles. The lowest BCUT2D eigenvalue weighted by Gasteiger charge is -2.39. The summed E-state index contributed by atoms with van der Waals surface area (Å²) in [6.07, 6.45) is 3.03. The molecule has 1 fully saturated rings. The van der Waals surface area contributed by atoms with Crippen LogP contribution in [0.3, 0.4) is 0 Å². The van der Waals surface area contributed by atoms with Crippen molar-refractivity contribution in [1.29, 1.82) is 0 Å². The van der Waals surface area contributed by atoms with Crippen LogP contribution in [0.5, 0.6) is 0 Å². The Morgan fingerprint density at radius 1 is 1.27 bits per heavy atom. The zero-order chi connectivity index (χ0) is 23.7. The molecule has 0 radical (unpaired) electrons. The van der Waals surface area contributed by atoms with Crippen LogP contribution in [0.4, 0.5) is 19.4 Å². The van der Waals surface area contributed by atoms with Crippen molar-refractivity contribution in [3.8, 4) is 11.5 Å². The predicted octanol–water partition coefficient (Wildman–Crippen LogP) is 3.23. The van der Waals surface area contributed by atoms with Crippen molar-refractivity contribution in [3.63, 3.8) is 0 Å². The minimum atomic E-state index is -1.01. The average Bonchev–Trinajstić information content (AvgIpc) is 3.19. The van der Waals surface area contributed by atoms with Crippen LogP contribution in [-0.2, 0) is 0 Å². The molecule has 1 aliphatic heterocycles. The second kappa shape index (κ2) is 9.44. The minimum Gasteiger partial charge on any atom is -0.465 e. The Balaban J connectivity index is 1.78. The predicted molar refractivity (Wildman–Crippen MR) is 120 cm³/mol. The number of likely N-dealkylation sites (N-methyl/N-ethyl adjacent to an activating group) is 1. The molecule has 3 aromatic rings. The number of carbonyl (C=O) groups is 1. The number of fused-ring (bicyclic) bond motifs is 1. The monoisotopic (exact) mass is 479 g/mol. The van der Waals surface area contributed by atoms with E-state index in [1.807, 2.05) is 19.0 Å². The van der Waals surface area contributed by atoms with Gasteiger partial charge in [0.1, 0.15) is 17.2 Å². The van der Waals surface area contributed by atoms with Crippen LogP contribution in [0.25, 0.3) is 17.2 Å². The van der Waals surface area contributed by atoms with Crippen molar-refractivity contribution in [2.75, 3.05) is 45.2 Å². The van der Waals surface area contributed by atoms with Gasteiger partial charge in [-0.05, 0) is 39.1 Å². The van der Waals surface area contributed by atoms with E-state index >= 15 is 4.39 Å². The molecule has 1 N–H and O–H groups in total. The number of likely N-dealkylation sites (tertiary alicyclic amines) is 1. The molecule has 0 aromatic carbocycles. The fourth-order valence-corrected chi connectivity index (χ4v) is 4.15. The second-order valence-electron chi connectivity index (χ2n) is 8.22. The van der Waals surface area contributed by atoms with Crippen molar-refractivity contribution < 1.29 is 18.7 Å². The molecule has 0 aliphatic carbocycles. The van der Waals surface area contributed by atoms with E-state index in [2.05, 4.69) is 15.0 Å². The molecule has 1 atom stereocenters. The third-order valence-corrected chi connectivity index (χ3v) is 5.91. The highest BCUT2D eigenvalue weighted by atomic mass is 35.5. The first kappa shape index (κ1) is 23.1. The number of nitrogens with zero attached hydrogens (tertiary/aromatic N) is 7. The Morgan fingerprint density at radius 2 is 2.06 bits per heavy atom. The SMILES string of the molecule is CN(C)CCN(c1nc(-c2cnc3ccc(F)cn23)nc(Cl)c1F)[C@@H]1CCCN(C(=O)O)C1. The summed E-state index contributed by atoms with van der Waals surface area (Å²) in [6, 6.07) is 2.51. The standard InChI is InChI=1S/C21H24ClF2N7O2/c1-28(2)8-9-30(14-4-3-7-29(12-14)21(32)33)20-17(24)18(22)26-19(27-20)15-10-25-16-6-5-13(23)11-31(15)16/h5-6,10-11,14H,3-4,7-9,12H2,1-2H3,(H,32,33)/t14-/m1/s1. The number of hydrogen-bond acceptors (Lipinski definition) is 6. The highest BCUT2D eigenvalue weighted by Crippen LogP contribution is 2.30. The number of carboxylic acid groups (broad SMARTS) is 1. The molecule has 176 valence electrons. The third-order valence-electron chi connectivity index (χ3n) is 5.66. The molecule has 0 spiro atoms. The molecule has 0 bridgehead atoms. The Bertz CT molecular complexity index is 1170. The summed E-state index contributed by atoms with van der Waals surface area (Å²) in [5, 5.41) is 9.08. The van der Waals surface area contributed by atoms with Crippen molar-refractivity contribution in [1.82, 2.24) is 29.2 Å². The maximum absolute atomic E-state index is 15.3. The molecule has 33 heavy (non-hydrogen) atoms. The van der Waals surface area contributed by atoms with Gasteiger partial charge < -0.3 is 19.8 Å². The number of imidazole rings is 1. The van der Waals surface area contributed by atoms with Crippen LogP contribution >= 0.6 is 11.6 Å². The van der Waals surface area contributed by atoms with Gasteiger partial charge in [-0.3, -0.25) is 4.40 Å². The van der Waals surface area contributed by atoms with Gasteiger partial charge in [0.15, 0.2) is 16.8 Å². The average molecular weight is 480 g/mol. The van der Waals surface area contributed by atoms with Gasteiger partial charge in [-0.2, -0.15) is 4.39 Å². The van der Waals surface area contributed by atoms with Gasteiger partial charge in [-0.15, -0.1) is 0 Å². The first-order valence-electron chi connectivity index (χ1n) is 10.5. The third kappa shape index (κ3) is 4.83.